The van der Waals surface area contributed by atoms with Gasteiger partial charge >= 0.3 is 12.1 Å². The Labute approximate surface area is 170 Å². The predicted octanol–water partition coefficient (Wildman–Crippen LogP) is 5.35. The maximum atomic E-state index is 13.0. The van der Waals surface area contributed by atoms with Crippen LogP contribution in [-0.4, -0.2) is 27.8 Å². The van der Waals surface area contributed by atoms with Crippen molar-refractivity contribution in [2.75, 3.05) is 7.11 Å². The summed E-state index contributed by atoms with van der Waals surface area (Å²) < 4.78 is 44.9. The van der Waals surface area contributed by atoms with Crippen LogP contribution in [0.1, 0.15) is 21.6 Å². The van der Waals surface area contributed by atoms with Crippen molar-refractivity contribution in [1.82, 2.24) is 14.8 Å². The van der Waals surface area contributed by atoms with Gasteiger partial charge in [-0.3, -0.25) is 4.68 Å². The Kier molecular flexibility index (Phi) is 4.64. The third-order valence-electron chi connectivity index (χ3n) is 5.02. The number of alkyl halides is 3. The van der Waals surface area contributed by atoms with E-state index in [9.17, 15) is 18.0 Å². The largest absolute Gasteiger partial charge is 0.465 e. The number of esters is 1. The molecule has 2 aromatic heterocycles. The van der Waals surface area contributed by atoms with Gasteiger partial charge in [0.25, 0.3) is 0 Å². The maximum absolute atomic E-state index is 13.0. The van der Waals surface area contributed by atoms with Crippen molar-refractivity contribution >= 4 is 16.9 Å². The summed E-state index contributed by atoms with van der Waals surface area (Å²) in [6.45, 7) is 1.90. The minimum absolute atomic E-state index is 0.380. The lowest BCUT2D eigenvalue weighted by atomic mass is 10.0. The number of carbonyl (C=O) groups excluding carboxylic acids is 1. The summed E-state index contributed by atoms with van der Waals surface area (Å²) in [5.41, 5.74) is 4.07. The first-order valence-electron chi connectivity index (χ1n) is 9.11. The van der Waals surface area contributed by atoms with Gasteiger partial charge in [-0.15, -0.1) is 0 Å². The number of ether oxygens (including phenoxy) is 1. The molecule has 1 N–H and O–H groups in total. The number of aryl methyl sites for hydroxylation is 2. The van der Waals surface area contributed by atoms with Crippen LogP contribution >= 0.6 is 0 Å². The molecule has 4 rings (SSSR count). The van der Waals surface area contributed by atoms with Crippen LogP contribution in [0.2, 0.25) is 0 Å². The molecule has 0 spiro atoms. The first-order chi connectivity index (χ1) is 14.2. The highest BCUT2D eigenvalue weighted by Crippen LogP contribution is 2.33. The van der Waals surface area contributed by atoms with E-state index in [1.807, 2.05) is 31.2 Å². The second-order valence-electron chi connectivity index (χ2n) is 7.04. The Balaban J connectivity index is 1.74. The number of aromatic amines is 1. The van der Waals surface area contributed by atoms with Crippen LogP contribution in [0, 0.1) is 6.92 Å². The van der Waals surface area contributed by atoms with Crippen molar-refractivity contribution in [2.24, 2.45) is 7.05 Å². The normalized spacial score (nSPS) is 11.8. The number of H-pyrrole nitrogens is 1. The van der Waals surface area contributed by atoms with Crippen LogP contribution < -0.4 is 0 Å². The summed E-state index contributed by atoms with van der Waals surface area (Å²) in [6, 6.07) is 13.7. The van der Waals surface area contributed by atoms with Gasteiger partial charge in [-0.1, -0.05) is 12.1 Å². The van der Waals surface area contributed by atoms with Gasteiger partial charge in [0.05, 0.1) is 18.4 Å². The third kappa shape index (κ3) is 3.45. The van der Waals surface area contributed by atoms with E-state index >= 15 is 0 Å². The first kappa shape index (κ1) is 19.8. The van der Waals surface area contributed by atoms with Crippen LogP contribution in [0.25, 0.3) is 33.4 Å². The zero-order valence-corrected chi connectivity index (χ0v) is 16.5. The molecule has 30 heavy (non-hydrogen) atoms. The molecule has 2 aromatic carbocycles. The number of benzene rings is 2. The van der Waals surface area contributed by atoms with Gasteiger partial charge in [-0.2, -0.15) is 18.3 Å². The molecule has 0 fully saturated rings. The predicted molar refractivity (Wildman–Crippen MR) is 107 cm³/mol. The zero-order valence-electron chi connectivity index (χ0n) is 16.5. The maximum Gasteiger partial charge on any atom is 0.435 e. The molecule has 0 aliphatic carbocycles. The van der Waals surface area contributed by atoms with E-state index in [4.69, 9.17) is 4.74 Å². The second kappa shape index (κ2) is 7.05. The molecule has 0 aliphatic heterocycles. The number of hydrogen-bond acceptors (Lipinski definition) is 3. The number of methoxy groups -OCH3 is 1. The molecule has 2 heterocycles. The average molecular weight is 413 g/mol. The summed E-state index contributed by atoms with van der Waals surface area (Å²) in [4.78, 5) is 15.0. The van der Waals surface area contributed by atoms with Gasteiger partial charge in [-0.05, 0) is 48.9 Å². The van der Waals surface area contributed by atoms with Crippen molar-refractivity contribution in [3.8, 4) is 22.5 Å². The molecular formula is C22H18F3N3O2. The minimum atomic E-state index is -4.49. The Morgan fingerprint density at radius 3 is 2.50 bits per heavy atom. The van der Waals surface area contributed by atoms with Crippen molar-refractivity contribution in [3.05, 3.63) is 65.4 Å². The van der Waals surface area contributed by atoms with Crippen molar-refractivity contribution < 1.29 is 22.7 Å². The van der Waals surface area contributed by atoms with Crippen LogP contribution in [0.3, 0.4) is 0 Å². The fraction of sp³-hybridized carbons (Fsp3) is 0.182. The minimum Gasteiger partial charge on any atom is -0.465 e. The Morgan fingerprint density at radius 1 is 1.10 bits per heavy atom. The number of halogens is 3. The monoisotopic (exact) mass is 413 g/mol. The Morgan fingerprint density at radius 2 is 1.87 bits per heavy atom. The highest BCUT2D eigenvalue weighted by atomic mass is 19.4. The lowest BCUT2D eigenvalue weighted by molar-refractivity contribution is -0.141. The van der Waals surface area contributed by atoms with Crippen molar-refractivity contribution in [3.63, 3.8) is 0 Å². The molecule has 0 atom stereocenters. The SMILES string of the molecule is COC(=O)c1ccc(-c2cc3cc(-c4cc(C(F)(F)F)nn4C)ccc3[nH]2)c(C)c1. The molecule has 0 aliphatic rings. The number of rotatable bonds is 3. The summed E-state index contributed by atoms with van der Waals surface area (Å²) in [7, 11) is 2.82. The molecule has 0 amide bonds. The number of nitrogens with one attached hydrogen (secondary N) is 1. The zero-order chi connectivity index (χ0) is 21.6. The molecule has 8 heteroatoms. The van der Waals surface area contributed by atoms with Crippen molar-refractivity contribution in [2.45, 2.75) is 13.1 Å². The number of fused-ring (bicyclic) bond motifs is 1. The average Bonchev–Trinajstić information content (AvgIpc) is 3.29. The van der Waals surface area contributed by atoms with E-state index in [0.29, 0.717) is 16.8 Å². The number of aromatic nitrogens is 3. The van der Waals surface area contributed by atoms with Crippen molar-refractivity contribution in [1.29, 1.82) is 0 Å². The fourth-order valence-electron chi connectivity index (χ4n) is 3.52. The lowest BCUT2D eigenvalue weighted by Crippen LogP contribution is -2.06. The molecule has 0 saturated heterocycles. The van der Waals surface area contributed by atoms with Crippen LogP contribution in [-0.2, 0) is 18.0 Å². The highest BCUT2D eigenvalue weighted by molar-refractivity contribution is 5.92. The molecule has 0 unspecified atom stereocenters. The second-order valence-corrected chi connectivity index (χ2v) is 7.04. The number of carbonyl (C=O) groups is 1. The van der Waals surface area contributed by atoms with E-state index in [-0.39, 0.29) is 0 Å². The fourth-order valence-corrected chi connectivity index (χ4v) is 3.52. The van der Waals surface area contributed by atoms with Crippen LogP contribution in [0.4, 0.5) is 13.2 Å². The molecule has 0 radical (unpaired) electrons. The third-order valence-corrected chi connectivity index (χ3v) is 5.02. The Hall–Kier alpha value is -3.55. The first-order valence-corrected chi connectivity index (χ1v) is 9.11. The summed E-state index contributed by atoms with van der Waals surface area (Å²) in [5, 5.41) is 4.43. The molecule has 154 valence electrons. The van der Waals surface area contributed by atoms with Gasteiger partial charge in [0.1, 0.15) is 0 Å². The molecule has 4 aromatic rings. The topological polar surface area (TPSA) is 59.9 Å². The molecule has 5 nitrogen and oxygen atoms in total. The van der Waals surface area contributed by atoms with Gasteiger partial charge in [-0.25, -0.2) is 4.79 Å². The smallest absolute Gasteiger partial charge is 0.435 e. The standard InChI is InChI=1S/C22H18F3N3O2/c1-12-8-14(21(29)30-3)4-6-16(12)18-10-15-9-13(5-7-17(15)26-18)19-11-20(22(23,24)25)27-28(19)2/h4-11,26H,1-3H3. The van der Waals surface area contributed by atoms with Crippen LogP contribution in [0.15, 0.2) is 48.5 Å². The summed E-state index contributed by atoms with van der Waals surface area (Å²) in [6.07, 6.45) is -4.49. The summed E-state index contributed by atoms with van der Waals surface area (Å²) in [5.74, 6) is -0.402. The van der Waals surface area contributed by atoms with Gasteiger partial charge in [0.2, 0.25) is 0 Å². The van der Waals surface area contributed by atoms with Gasteiger partial charge in [0, 0.05) is 34.8 Å². The van der Waals surface area contributed by atoms with E-state index in [1.54, 1.807) is 18.2 Å². The van der Waals surface area contributed by atoms with E-state index < -0.39 is 17.8 Å². The van der Waals surface area contributed by atoms with Gasteiger partial charge < -0.3 is 9.72 Å². The van der Waals surface area contributed by atoms with E-state index in [1.165, 1.54) is 18.8 Å². The van der Waals surface area contributed by atoms with Crippen LogP contribution in [0.5, 0.6) is 0 Å². The van der Waals surface area contributed by atoms with E-state index in [2.05, 4.69) is 10.1 Å². The summed E-state index contributed by atoms with van der Waals surface area (Å²) >= 11 is 0. The lowest BCUT2D eigenvalue weighted by Gasteiger charge is -2.06. The number of nitrogens with zero attached hydrogens (tertiary/aromatic N) is 2. The molecular weight excluding hydrogens is 395 g/mol. The molecule has 0 saturated carbocycles. The Bertz CT molecular complexity index is 1270. The van der Waals surface area contributed by atoms with Gasteiger partial charge in [0.15, 0.2) is 5.69 Å². The number of hydrogen-bond donors (Lipinski definition) is 1. The quantitative estimate of drug-likeness (QED) is 0.461. The van der Waals surface area contributed by atoms with E-state index in [0.717, 1.165) is 33.8 Å². The molecule has 0 bridgehead atoms. The highest BCUT2D eigenvalue weighted by Gasteiger charge is 2.34.